The highest BCUT2D eigenvalue weighted by Crippen LogP contribution is 2.17. The average molecular weight is 470 g/mol. The molecule has 3 aromatic carbocycles. The van der Waals surface area contributed by atoms with Crippen molar-refractivity contribution in [2.75, 3.05) is 5.32 Å². The second-order valence-electron chi connectivity index (χ2n) is 6.53. The number of halogens is 2. The Morgan fingerprint density at radius 1 is 0.812 bits per heavy atom. The fourth-order valence-corrected chi connectivity index (χ4v) is 2.93. The van der Waals surface area contributed by atoms with Gasteiger partial charge in [0.1, 0.15) is 5.75 Å². The van der Waals surface area contributed by atoms with Crippen molar-refractivity contribution >= 4 is 52.4 Å². The monoisotopic (exact) mass is 469 g/mol. The molecule has 3 aromatic rings. The van der Waals surface area contributed by atoms with Gasteiger partial charge in [-0.3, -0.25) is 9.59 Å². The van der Waals surface area contributed by atoms with Crippen LogP contribution in [-0.4, -0.2) is 23.5 Å². The van der Waals surface area contributed by atoms with Gasteiger partial charge < -0.3 is 10.1 Å². The molecule has 0 aliphatic rings. The molecule has 162 valence electrons. The number of nitrogens with zero attached hydrogens (tertiary/aromatic N) is 1. The lowest BCUT2D eigenvalue weighted by atomic mass is 10.1. The van der Waals surface area contributed by atoms with Crippen molar-refractivity contribution in [3.05, 3.63) is 94.0 Å². The number of carbonyl (C=O) groups excluding carboxylic acids is 3. The number of anilines is 1. The lowest BCUT2D eigenvalue weighted by molar-refractivity contribution is -0.136. The highest BCUT2D eigenvalue weighted by molar-refractivity contribution is 6.40. The molecule has 0 saturated carbocycles. The van der Waals surface area contributed by atoms with Gasteiger partial charge in [0.05, 0.1) is 11.3 Å². The molecule has 3 rings (SSSR count). The molecular weight excluding hydrogens is 453 g/mol. The van der Waals surface area contributed by atoms with Crippen LogP contribution in [0.2, 0.25) is 10.0 Å². The van der Waals surface area contributed by atoms with E-state index in [2.05, 4.69) is 15.8 Å². The van der Waals surface area contributed by atoms with E-state index in [1.54, 1.807) is 67.6 Å². The second-order valence-corrected chi connectivity index (χ2v) is 7.40. The van der Waals surface area contributed by atoms with Gasteiger partial charge >= 0.3 is 17.8 Å². The fourth-order valence-electron chi connectivity index (χ4n) is 2.55. The number of ether oxygens (including phenoxy) is 1. The van der Waals surface area contributed by atoms with Gasteiger partial charge in [0.15, 0.2) is 0 Å². The Bertz CT molecular complexity index is 1190. The summed E-state index contributed by atoms with van der Waals surface area (Å²) in [7, 11) is 0. The first-order valence-electron chi connectivity index (χ1n) is 9.31. The van der Waals surface area contributed by atoms with Gasteiger partial charge in [-0.15, -0.1) is 0 Å². The summed E-state index contributed by atoms with van der Waals surface area (Å²) in [5.74, 6) is -2.02. The maximum Gasteiger partial charge on any atom is 0.343 e. The summed E-state index contributed by atoms with van der Waals surface area (Å²) in [5.41, 5.74) is 4.02. The molecule has 0 aliphatic heterocycles. The van der Waals surface area contributed by atoms with Crippen LogP contribution in [0.15, 0.2) is 77.9 Å². The van der Waals surface area contributed by atoms with Crippen LogP contribution < -0.4 is 15.5 Å². The number of nitrogens with one attached hydrogen (secondary N) is 2. The van der Waals surface area contributed by atoms with E-state index >= 15 is 0 Å². The molecule has 0 spiro atoms. The zero-order valence-corrected chi connectivity index (χ0v) is 18.3. The molecule has 0 fully saturated rings. The second kappa shape index (κ2) is 10.6. The van der Waals surface area contributed by atoms with Crippen LogP contribution >= 0.6 is 23.2 Å². The molecule has 7 nitrogen and oxygen atoms in total. The smallest absolute Gasteiger partial charge is 0.343 e. The first-order valence-corrected chi connectivity index (χ1v) is 10.1. The van der Waals surface area contributed by atoms with Crippen LogP contribution in [0.25, 0.3) is 0 Å². The van der Waals surface area contributed by atoms with Crippen LogP contribution in [-0.2, 0) is 9.59 Å². The van der Waals surface area contributed by atoms with E-state index in [-0.39, 0.29) is 0 Å². The third-order valence-corrected chi connectivity index (χ3v) is 4.63. The molecule has 0 radical (unpaired) electrons. The maximum absolute atomic E-state index is 12.2. The van der Waals surface area contributed by atoms with E-state index in [0.717, 1.165) is 0 Å². The van der Waals surface area contributed by atoms with Crippen molar-refractivity contribution in [1.29, 1.82) is 0 Å². The molecule has 0 heterocycles. The maximum atomic E-state index is 12.2. The van der Waals surface area contributed by atoms with E-state index < -0.39 is 17.8 Å². The van der Waals surface area contributed by atoms with Crippen LogP contribution in [0.5, 0.6) is 5.75 Å². The Morgan fingerprint density at radius 2 is 1.47 bits per heavy atom. The quantitative estimate of drug-likeness (QED) is 0.186. The highest BCUT2D eigenvalue weighted by Gasteiger charge is 2.14. The third kappa shape index (κ3) is 6.41. The van der Waals surface area contributed by atoms with Gasteiger partial charge in [-0.1, -0.05) is 35.3 Å². The lowest BCUT2D eigenvalue weighted by Gasteiger charge is -2.07. The molecule has 0 unspecified atom stereocenters. The van der Waals surface area contributed by atoms with Gasteiger partial charge in [-0.05, 0) is 73.2 Å². The normalized spacial score (nSPS) is 10.9. The summed E-state index contributed by atoms with van der Waals surface area (Å²) in [6.45, 7) is 1.65. The summed E-state index contributed by atoms with van der Waals surface area (Å²) in [6.07, 6.45) is 0. The number of amides is 2. The van der Waals surface area contributed by atoms with Crippen LogP contribution in [0, 0.1) is 0 Å². The Hall–Kier alpha value is -3.68. The molecule has 0 bridgehead atoms. The number of esters is 1. The predicted octanol–water partition coefficient (Wildman–Crippen LogP) is 4.69. The number of hydrazone groups is 1. The summed E-state index contributed by atoms with van der Waals surface area (Å²) < 4.78 is 5.32. The van der Waals surface area contributed by atoms with Crippen LogP contribution in [0.3, 0.4) is 0 Å². The van der Waals surface area contributed by atoms with Crippen molar-refractivity contribution in [3.63, 3.8) is 0 Å². The number of hydrogen-bond donors (Lipinski definition) is 2. The molecule has 2 amide bonds. The summed E-state index contributed by atoms with van der Waals surface area (Å²) >= 11 is 11.7. The molecule has 0 aromatic heterocycles. The number of hydrogen-bond acceptors (Lipinski definition) is 5. The fraction of sp³-hybridized carbons (Fsp3) is 0.0435. The van der Waals surface area contributed by atoms with Crippen LogP contribution in [0.4, 0.5) is 5.69 Å². The van der Waals surface area contributed by atoms with Crippen molar-refractivity contribution in [2.24, 2.45) is 5.10 Å². The summed E-state index contributed by atoms with van der Waals surface area (Å²) in [6, 6.07) is 19.4. The molecule has 0 atom stereocenters. The SMILES string of the molecule is C/C(=N\NC(=O)C(=O)Nc1cccc(Cl)c1)c1ccc(OC(=O)c2cccc(Cl)c2)cc1. The summed E-state index contributed by atoms with van der Waals surface area (Å²) in [4.78, 5) is 36.1. The standard InChI is InChI=1S/C23H17Cl2N3O4/c1-14(27-28-22(30)21(29)26-19-7-3-6-18(25)13-19)15-8-10-20(11-9-15)32-23(31)16-4-2-5-17(24)12-16/h2-13H,1H3,(H,26,29)(H,28,30)/b27-14+. The Balaban J connectivity index is 1.57. The minimum Gasteiger partial charge on any atom is -0.423 e. The zero-order valence-electron chi connectivity index (χ0n) is 16.8. The Labute approximate surface area is 194 Å². The van der Waals surface area contributed by atoms with Crippen molar-refractivity contribution < 1.29 is 19.1 Å². The number of benzene rings is 3. The van der Waals surface area contributed by atoms with Gasteiger partial charge in [-0.25, -0.2) is 10.2 Å². The topological polar surface area (TPSA) is 96.9 Å². The van der Waals surface area contributed by atoms with Crippen molar-refractivity contribution in [3.8, 4) is 5.75 Å². The Morgan fingerprint density at radius 3 is 2.12 bits per heavy atom. The van der Waals surface area contributed by atoms with Gasteiger partial charge in [0.2, 0.25) is 0 Å². The lowest BCUT2D eigenvalue weighted by Crippen LogP contribution is -2.32. The highest BCUT2D eigenvalue weighted by atomic mass is 35.5. The van der Waals surface area contributed by atoms with E-state index in [0.29, 0.717) is 38.3 Å². The number of rotatable bonds is 5. The Kier molecular flexibility index (Phi) is 7.59. The molecule has 2 N–H and O–H groups in total. The van der Waals surface area contributed by atoms with Crippen LogP contribution in [0.1, 0.15) is 22.8 Å². The molecule has 9 heteroatoms. The zero-order chi connectivity index (χ0) is 23.1. The van der Waals surface area contributed by atoms with Gasteiger partial charge in [0, 0.05) is 15.7 Å². The first kappa shape index (κ1) is 23.0. The first-order chi connectivity index (χ1) is 15.3. The van der Waals surface area contributed by atoms with E-state index in [4.69, 9.17) is 27.9 Å². The molecule has 0 aliphatic carbocycles. The minimum absolute atomic E-state index is 0.330. The van der Waals surface area contributed by atoms with Crippen molar-refractivity contribution in [1.82, 2.24) is 5.43 Å². The number of carbonyl (C=O) groups is 3. The van der Waals surface area contributed by atoms with Crippen molar-refractivity contribution in [2.45, 2.75) is 6.92 Å². The molecular formula is C23H17Cl2N3O4. The van der Waals surface area contributed by atoms with E-state index in [1.807, 2.05) is 0 Å². The average Bonchev–Trinajstić information content (AvgIpc) is 2.77. The minimum atomic E-state index is -0.934. The third-order valence-electron chi connectivity index (χ3n) is 4.16. The summed E-state index contributed by atoms with van der Waals surface area (Å²) in [5, 5.41) is 7.22. The molecule has 32 heavy (non-hydrogen) atoms. The largest absolute Gasteiger partial charge is 0.423 e. The van der Waals surface area contributed by atoms with Gasteiger partial charge in [-0.2, -0.15) is 5.10 Å². The van der Waals surface area contributed by atoms with E-state index in [1.165, 1.54) is 12.1 Å². The predicted molar refractivity (Wildman–Crippen MR) is 123 cm³/mol. The van der Waals surface area contributed by atoms with E-state index in [9.17, 15) is 14.4 Å². The van der Waals surface area contributed by atoms with Gasteiger partial charge in [0.25, 0.3) is 0 Å². The molecule has 0 saturated heterocycles.